The Hall–Kier alpha value is -2.34. The second-order valence-corrected chi connectivity index (χ2v) is 5.51. The van der Waals surface area contributed by atoms with Crippen LogP contribution in [0.15, 0.2) is 52.0 Å². The molecule has 0 heterocycles. The largest absolute Gasteiger partial charge is 0.507 e. The molecule has 0 aliphatic heterocycles. The van der Waals surface area contributed by atoms with Crippen molar-refractivity contribution in [2.75, 3.05) is 6.61 Å². The summed E-state index contributed by atoms with van der Waals surface area (Å²) in [7, 11) is 0. The number of carbonyl (C=O) groups excluding carboxylic acids is 1. The van der Waals surface area contributed by atoms with Crippen LogP contribution in [-0.4, -0.2) is 23.8 Å². The number of hydrazone groups is 1. The number of ether oxygens (including phenoxy) is 1. The van der Waals surface area contributed by atoms with Gasteiger partial charge < -0.3 is 9.84 Å². The van der Waals surface area contributed by atoms with Crippen LogP contribution >= 0.6 is 15.9 Å². The van der Waals surface area contributed by atoms with Crippen LogP contribution in [0.4, 0.5) is 0 Å². The summed E-state index contributed by atoms with van der Waals surface area (Å²) in [6, 6.07) is 12.3. The number of aryl methyl sites for hydroxylation is 1. The molecule has 0 saturated carbocycles. The predicted molar refractivity (Wildman–Crippen MR) is 88.2 cm³/mol. The van der Waals surface area contributed by atoms with Crippen molar-refractivity contribution in [3.05, 3.63) is 58.1 Å². The first kappa shape index (κ1) is 16.0. The summed E-state index contributed by atoms with van der Waals surface area (Å²) in [4.78, 5) is 11.6. The Bertz CT molecular complexity index is 684. The molecule has 2 N–H and O–H groups in total. The predicted octanol–water partition coefficient (Wildman–Crippen LogP) is 2.99. The number of aromatic hydroxyl groups is 1. The zero-order chi connectivity index (χ0) is 15.9. The van der Waals surface area contributed by atoms with Crippen molar-refractivity contribution in [1.82, 2.24) is 5.43 Å². The first-order valence-corrected chi connectivity index (χ1v) is 7.34. The molecule has 0 aliphatic carbocycles. The topological polar surface area (TPSA) is 70.9 Å². The van der Waals surface area contributed by atoms with E-state index in [9.17, 15) is 9.90 Å². The van der Waals surface area contributed by atoms with Gasteiger partial charge in [-0.1, -0.05) is 27.6 Å². The van der Waals surface area contributed by atoms with Gasteiger partial charge in [0, 0.05) is 10.0 Å². The Labute approximate surface area is 136 Å². The smallest absolute Gasteiger partial charge is 0.277 e. The summed E-state index contributed by atoms with van der Waals surface area (Å²) < 4.78 is 6.25. The number of carbonyl (C=O) groups is 1. The number of rotatable bonds is 5. The fourth-order valence-electron chi connectivity index (χ4n) is 1.66. The minimum atomic E-state index is -0.383. The Morgan fingerprint density at radius 3 is 2.77 bits per heavy atom. The van der Waals surface area contributed by atoms with Gasteiger partial charge >= 0.3 is 0 Å². The Kier molecular flexibility index (Phi) is 5.55. The standard InChI is InChI=1S/C16H15BrN2O3/c1-11-2-7-15(20)12(8-11)9-18-19-16(21)10-22-14-5-3-13(17)4-6-14/h2-9,20H,10H2,1H3,(H,19,21)/b18-9-. The Morgan fingerprint density at radius 2 is 2.05 bits per heavy atom. The number of hydrogen-bond acceptors (Lipinski definition) is 4. The summed E-state index contributed by atoms with van der Waals surface area (Å²) >= 11 is 3.32. The van der Waals surface area contributed by atoms with E-state index in [0.29, 0.717) is 11.3 Å². The number of phenolic OH excluding ortho intramolecular Hbond substituents is 1. The number of hydrogen-bond donors (Lipinski definition) is 2. The van der Waals surface area contributed by atoms with Crippen LogP contribution in [-0.2, 0) is 4.79 Å². The van der Waals surface area contributed by atoms with E-state index in [2.05, 4.69) is 26.5 Å². The van der Waals surface area contributed by atoms with Gasteiger partial charge in [0.15, 0.2) is 6.61 Å². The molecular weight excluding hydrogens is 348 g/mol. The van der Waals surface area contributed by atoms with Crippen molar-refractivity contribution >= 4 is 28.1 Å². The monoisotopic (exact) mass is 362 g/mol. The summed E-state index contributed by atoms with van der Waals surface area (Å²) in [5, 5.41) is 13.4. The maximum absolute atomic E-state index is 11.6. The van der Waals surface area contributed by atoms with Crippen LogP contribution in [0.3, 0.4) is 0 Å². The molecule has 0 aliphatic rings. The fourth-order valence-corrected chi connectivity index (χ4v) is 1.93. The molecule has 0 unspecified atom stereocenters. The third kappa shape index (κ3) is 4.89. The normalized spacial score (nSPS) is 10.6. The van der Waals surface area contributed by atoms with E-state index >= 15 is 0 Å². The number of nitrogens with zero attached hydrogens (tertiary/aromatic N) is 1. The van der Waals surface area contributed by atoms with E-state index in [0.717, 1.165) is 10.0 Å². The number of halogens is 1. The summed E-state index contributed by atoms with van der Waals surface area (Å²) in [5.74, 6) is 0.319. The molecule has 0 fully saturated rings. The van der Waals surface area contributed by atoms with Gasteiger partial charge in [0.05, 0.1) is 6.21 Å². The molecule has 114 valence electrons. The van der Waals surface area contributed by atoms with Crippen molar-refractivity contribution in [2.45, 2.75) is 6.92 Å². The zero-order valence-corrected chi connectivity index (χ0v) is 13.5. The Balaban J connectivity index is 1.83. The van der Waals surface area contributed by atoms with Crippen molar-refractivity contribution in [3.8, 4) is 11.5 Å². The van der Waals surface area contributed by atoms with Crippen LogP contribution in [0, 0.1) is 6.92 Å². The number of phenols is 1. The molecule has 5 nitrogen and oxygen atoms in total. The lowest BCUT2D eigenvalue weighted by molar-refractivity contribution is -0.123. The molecular formula is C16H15BrN2O3. The van der Waals surface area contributed by atoms with Gasteiger partial charge in [-0.05, 0) is 43.3 Å². The minimum Gasteiger partial charge on any atom is -0.507 e. The van der Waals surface area contributed by atoms with E-state index in [4.69, 9.17) is 4.74 Å². The van der Waals surface area contributed by atoms with Gasteiger partial charge in [0.2, 0.25) is 0 Å². The van der Waals surface area contributed by atoms with Crippen molar-refractivity contribution < 1.29 is 14.6 Å². The first-order valence-electron chi connectivity index (χ1n) is 6.54. The number of benzene rings is 2. The summed E-state index contributed by atoms with van der Waals surface area (Å²) in [6.07, 6.45) is 1.39. The second kappa shape index (κ2) is 7.61. The molecule has 0 saturated heterocycles. The van der Waals surface area contributed by atoms with Gasteiger partial charge in [0.25, 0.3) is 5.91 Å². The van der Waals surface area contributed by atoms with Gasteiger partial charge in [0.1, 0.15) is 11.5 Å². The SMILES string of the molecule is Cc1ccc(O)c(/C=N\NC(=O)COc2ccc(Br)cc2)c1. The summed E-state index contributed by atoms with van der Waals surface area (Å²) in [6.45, 7) is 1.76. The van der Waals surface area contributed by atoms with Gasteiger partial charge in [-0.3, -0.25) is 4.79 Å². The summed E-state index contributed by atoms with van der Waals surface area (Å²) in [5.41, 5.74) is 3.87. The van der Waals surface area contributed by atoms with Crippen molar-refractivity contribution in [2.24, 2.45) is 5.10 Å². The van der Waals surface area contributed by atoms with Crippen LogP contribution < -0.4 is 10.2 Å². The lowest BCUT2D eigenvalue weighted by Gasteiger charge is -2.05. The lowest BCUT2D eigenvalue weighted by Crippen LogP contribution is -2.24. The van der Waals surface area contributed by atoms with Crippen LogP contribution in [0.5, 0.6) is 11.5 Å². The molecule has 22 heavy (non-hydrogen) atoms. The number of amides is 1. The lowest BCUT2D eigenvalue weighted by atomic mass is 10.1. The average Bonchev–Trinajstić information content (AvgIpc) is 2.50. The molecule has 0 atom stereocenters. The van der Waals surface area contributed by atoms with Crippen LogP contribution in [0.25, 0.3) is 0 Å². The van der Waals surface area contributed by atoms with E-state index in [-0.39, 0.29) is 18.3 Å². The van der Waals surface area contributed by atoms with E-state index in [1.54, 1.807) is 30.3 Å². The highest BCUT2D eigenvalue weighted by Gasteiger charge is 2.02. The van der Waals surface area contributed by atoms with Crippen LogP contribution in [0.1, 0.15) is 11.1 Å². The third-order valence-corrected chi connectivity index (χ3v) is 3.29. The molecule has 0 bridgehead atoms. The fraction of sp³-hybridized carbons (Fsp3) is 0.125. The van der Waals surface area contributed by atoms with Gasteiger partial charge in [-0.25, -0.2) is 5.43 Å². The molecule has 0 radical (unpaired) electrons. The van der Waals surface area contributed by atoms with E-state index < -0.39 is 0 Å². The molecule has 2 aromatic rings. The minimum absolute atomic E-state index is 0.106. The van der Waals surface area contributed by atoms with Gasteiger partial charge in [-0.2, -0.15) is 5.10 Å². The highest BCUT2D eigenvalue weighted by Crippen LogP contribution is 2.16. The third-order valence-electron chi connectivity index (χ3n) is 2.76. The van der Waals surface area contributed by atoms with Crippen LogP contribution in [0.2, 0.25) is 0 Å². The van der Waals surface area contributed by atoms with Crippen molar-refractivity contribution in [1.29, 1.82) is 0 Å². The first-order chi connectivity index (χ1) is 10.5. The molecule has 6 heteroatoms. The van der Waals surface area contributed by atoms with Gasteiger partial charge in [-0.15, -0.1) is 0 Å². The maximum atomic E-state index is 11.6. The van der Waals surface area contributed by atoms with E-state index in [1.807, 2.05) is 19.1 Å². The van der Waals surface area contributed by atoms with Crippen molar-refractivity contribution in [3.63, 3.8) is 0 Å². The molecule has 2 aromatic carbocycles. The molecule has 0 spiro atoms. The quantitative estimate of drug-likeness (QED) is 0.634. The molecule has 1 amide bonds. The van der Waals surface area contributed by atoms with E-state index in [1.165, 1.54) is 6.21 Å². The second-order valence-electron chi connectivity index (χ2n) is 4.60. The zero-order valence-electron chi connectivity index (χ0n) is 11.9. The average molecular weight is 363 g/mol. The molecule has 2 rings (SSSR count). The highest BCUT2D eigenvalue weighted by molar-refractivity contribution is 9.10. The molecule has 0 aromatic heterocycles. The Morgan fingerprint density at radius 1 is 1.32 bits per heavy atom. The highest BCUT2D eigenvalue weighted by atomic mass is 79.9. The maximum Gasteiger partial charge on any atom is 0.277 e. The number of nitrogens with one attached hydrogen (secondary N) is 1.